The molecule has 2 aromatic carbocycles. The van der Waals surface area contributed by atoms with Crippen LogP contribution < -0.4 is 4.74 Å². The van der Waals surface area contributed by atoms with Gasteiger partial charge in [-0.2, -0.15) is 0 Å². The number of hydrogen-bond acceptors (Lipinski definition) is 4. The molecule has 1 unspecified atom stereocenters. The molecule has 0 aliphatic carbocycles. The van der Waals surface area contributed by atoms with Crippen LogP contribution in [0, 0.1) is 0 Å². The molecule has 1 amide bonds. The smallest absolute Gasteiger partial charge is 0.246 e. The standard InChI is InChI=1S/C22H25ClN2O3/c23-21-9-5-4-6-18(21)10-11-22(27)25-14-12-24(13-15-25)16-19(26)17-28-20-7-2-1-3-8-20/h1-11,19,26H,12-17H2/b11-10+. The van der Waals surface area contributed by atoms with Crippen molar-refractivity contribution in [2.75, 3.05) is 39.3 Å². The van der Waals surface area contributed by atoms with E-state index in [2.05, 4.69) is 4.90 Å². The molecular weight excluding hydrogens is 376 g/mol. The van der Waals surface area contributed by atoms with E-state index in [9.17, 15) is 9.90 Å². The fourth-order valence-electron chi connectivity index (χ4n) is 3.09. The number of nitrogens with zero attached hydrogens (tertiary/aromatic N) is 2. The lowest BCUT2D eigenvalue weighted by Crippen LogP contribution is -2.50. The van der Waals surface area contributed by atoms with Crippen LogP contribution >= 0.6 is 11.6 Å². The second kappa shape index (κ2) is 10.3. The number of piperazine rings is 1. The van der Waals surface area contributed by atoms with Crippen LogP contribution in [0.25, 0.3) is 6.08 Å². The lowest BCUT2D eigenvalue weighted by Gasteiger charge is -2.35. The lowest BCUT2D eigenvalue weighted by molar-refractivity contribution is -0.127. The van der Waals surface area contributed by atoms with Crippen LogP contribution in [0.2, 0.25) is 5.02 Å². The molecule has 0 spiro atoms. The fourth-order valence-corrected chi connectivity index (χ4v) is 3.29. The zero-order valence-corrected chi connectivity index (χ0v) is 16.5. The van der Waals surface area contributed by atoms with E-state index in [0.717, 1.165) is 24.4 Å². The van der Waals surface area contributed by atoms with Gasteiger partial charge in [-0.3, -0.25) is 9.69 Å². The molecule has 3 rings (SSSR count). The zero-order valence-electron chi connectivity index (χ0n) is 15.7. The van der Waals surface area contributed by atoms with E-state index < -0.39 is 6.10 Å². The first-order valence-corrected chi connectivity index (χ1v) is 9.79. The van der Waals surface area contributed by atoms with Crippen LogP contribution in [0.15, 0.2) is 60.7 Å². The van der Waals surface area contributed by atoms with Crippen LogP contribution in [-0.2, 0) is 4.79 Å². The molecule has 6 heteroatoms. The van der Waals surface area contributed by atoms with Gasteiger partial charge in [-0.25, -0.2) is 0 Å². The van der Waals surface area contributed by atoms with Gasteiger partial charge in [0.15, 0.2) is 0 Å². The SMILES string of the molecule is O=C(/C=C/c1ccccc1Cl)N1CCN(CC(O)COc2ccccc2)CC1. The highest BCUT2D eigenvalue weighted by atomic mass is 35.5. The van der Waals surface area contributed by atoms with Crippen LogP contribution in [0.3, 0.4) is 0 Å². The number of halogens is 1. The van der Waals surface area contributed by atoms with E-state index >= 15 is 0 Å². The number of para-hydroxylation sites is 1. The van der Waals surface area contributed by atoms with Crippen molar-refractivity contribution >= 4 is 23.6 Å². The topological polar surface area (TPSA) is 53.0 Å². The number of β-amino-alcohol motifs (C(OH)–C–C–N with tert-alkyl or cyclic N) is 1. The summed E-state index contributed by atoms with van der Waals surface area (Å²) in [4.78, 5) is 16.3. The van der Waals surface area contributed by atoms with Gasteiger partial charge in [0.25, 0.3) is 0 Å². The van der Waals surface area contributed by atoms with Crippen LogP contribution in [0.4, 0.5) is 0 Å². The molecule has 0 radical (unpaired) electrons. The molecule has 28 heavy (non-hydrogen) atoms. The molecule has 1 N–H and O–H groups in total. The van der Waals surface area contributed by atoms with Gasteiger partial charge in [0.1, 0.15) is 18.5 Å². The Balaban J connectivity index is 1.40. The highest BCUT2D eigenvalue weighted by molar-refractivity contribution is 6.32. The minimum absolute atomic E-state index is 0.0208. The summed E-state index contributed by atoms with van der Waals surface area (Å²) < 4.78 is 5.59. The third-order valence-corrected chi connectivity index (χ3v) is 4.99. The first-order valence-electron chi connectivity index (χ1n) is 9.41. The number of aliphatic hydroxyl groups excluding tert-OH is 1. The van der Waals surface area contributed by atoms with Crippen molar-refractivity contribution in [3.63, 3.8) is 0 Å². The van der Waals surface area contributed by atoms with Gasteiger partial charge in [-0.1, -0.05) is 48.0 Å². The summed E-state index contributed by atoms with van der Waals surface area (Å²) >= 11 is 6.11. The van der Waals surface area contributed by atoms with E-state index in [-0.39, 0.29) is 12.5 Å². The van der Waals surface area contributed by atoms with Crippen molar-refractivity contribution in [2.24, 2.45) is 0 Å². The van der Waals surface area contributed by atoms with E-state index in [0.29, 0.717) is 24.7 Å². The summed E-state index contributed by atoms with van der Waals surface area (Å²) in [6.07, 6.45) is 2.75. The molecule has 148 valence electrons. The monoisotopic (exact) mass is 400 g/mol. The summed E-state index contributed by atoms with van der Waals surface area (Å²) in [5.74, 6) is 0.731. The first-order chi connectivity index (χ1) is 13.6. The summed E-state index contributed by atoms with van der Waals surface area (Å²) in [6, 6.07) is 16.9. The van der Waals surface area contributed by atoms with Crippen molar-refractivity contribution in [3.05, 3.63) is 71.3 Å². The molecule has 0 saturated carbocycles. The van der Waals surface area contributed by atoms with Crippen molar-refractivity contribution < 1.29 is 14.6 Å². The van der Waals surface area contributed by atoms with Crippen molar-refractivity contribution in [3.8, 4) is 5.75 Å². The first kappa shape index (κ1) is 20.4. The fraction of sp³-hybridized carbons (Fsp3) is 0.318. The lowest BCUT2D eigenvalue weighted by atomic mass is 10.2. The van der Waals surface area contributed by atoms with Gasteiger partial charge in [0.05, 0.1) is 0 Å². The Labute approximate surface area is 170 Å². The summed E-state index contributed by atoms with van der Waals surface area (Å²) in [5, 5.41) is 10.8. The number of amides is 1. The highest BCUT2D eigenvalue weighted by Crippen LogP contribution is 2.16. The normalized spacial score (nSPS) is 16.3. The van der Waals surface area contributed by atoms with Gasteiger partial charge in [0, 0.05) is 43.8 Å². The molecule has 0 bridgehead atoms. The third-order valence-electron chi connectivity index (χ3n) is 4.65. The Morgan fingerprint density at radius 2 is 1.75 bits per heavy atom. The number of rotatable bonds is 7. The second-order valence-corrected chi connectivity index (χ2v) is 7.17. The van der Waals surface area contributed by atoms with Gasteiger partial charge in [-0.05, 0) is 29.8 Å². The molecule has 0 aromatic heterocycles. The molecule has 1 aliphatic rings. The summed E-state index contributed by atoms with van der Waals surface area (Å²) in [7, 11) is 0. The van der Waals surface area contributed by atoms with Gasteiger partial charge in [0.2, 0.25) is 5.91 Å². The van der Waals surface area contributed by atoms with Gasteiger partial charge < -0.3 is 14.7 Å². The van der Waals surface area contributed by atoms with Crippen LogP contribution in [0.1, 0.15) is 5.56 Å². The number of carbonyl (C=O) groups excluding carboxylic acids is 1. The number of hydrogen-bond donors (Lipinski definition) is 1. The van der Waals surface area contributed by atoms with Crippen molar-refractivity contribution in [1.29, 1.82) is 0 Å². The Morgan fingerprint density at radius 1 is 1.07 bits per heavy atom. The predicted octanol–water partition coefficient (Wildman–Crippen LogP) is 2.94. The third kappa shape index (κ3) is 6.09. The van der Waals surface area contributed by atoms with E-state index in [1.165, 1.54) is 0 Å². The number of aliphatic hydroxyl groups is 1. The van der Waals surface area contributed by atoms with Gasteiger partial charge >= 0.3 is 0 Å². The average molecular weight is 401 g/mol. The van der Waals surface area contributed by atoms with Crippen LogP contribution in [-0.4, -0.2) is 66.2 Å². The molecule has 1 aliphatic heterocycles. The Kier molecular flexibility index (Phi) is 7.48. The van der Waals surface area contributed by atoms with Gasteiger partial charge in [-0.15, -0.1) is 0 Å². The zero-order chi connectivity index (χ0) is 19.8. The van der Waals surface area contributed by atoms with E-state index in [1.54, 1.807) is 18.2 Å². The van der Waals surface area contributed by atoms with E-state index in [4.69, 9.17) is 16.3 Å². The number of ether oxygens (including phenoxy) is 1. The van der Waals surface area contributed by atoms with Crippen LogP contribution in [0.5, 0.6) is 5.75 Å². The largest absolute Gasteiger partial charge is 0.491 e. The molecule has 1 atom stereocenters. The Hall–Kier alpha value is -2.34. The van der Waals surface area contributed by atoms with E-state index in [1.807, 2.05) is 53.4 Å². The average Bonchev–Trinajstić information content (AvgIpc) is 2.73. The molecular formula is C22H25ClN2O3. The summed E-state index contributed by atoms with van der Waals surface area (Å²) in [6.45, 7) is 3.52. The summed E-state index contributed by atoms with van der Waals surface area (Å²) in [5.41, 5.74) is 0.831. The highest BCUT2D eigenvalue weighted by Gasteiger charge is 2.21. The predicted molar refractivity (Wildman–Crippen MR) is 111 cm³/mol. The minimum atomic E-state index is -0.567. The maximum atomic E-state index is 12.4. The number of benzene rings is 2. The molecule has 5 nitrogen and oxygen atoms in total. The molecule has 1 heterocycles. The Morgan fingerprint density at radius 3 is 2.46 bits per heavy atom. The van der Waals surface area contributed by atoms with Crippen molar-refractivity contribution in [1.82, 2.24) is 9.80 Å². The molecule has 1 saturated heterocycles. The van der Waals surface area contributed by atoms with Crippen molar-refractivity contribution in [2.45, 2.75) is 6.10 Å². The minimum Gasteiger partial charge on any atom is -0.491 e. The molecule has 1 fully saturated rings. The maximum absolute atomic E-state index is 12.4. The quantitative estimate of drug-likeness (QED) is 0.726. The molecule has 2 aromatic rings. The maximum Gasteiger partial charge on any atom is 0.246 e. The second-order valence-electron chi connectivity index (χ2n) is 6.76. The Bertz CT molecular complexity index is 789. The number of carbonyl (C=O) groups is 1.